The highest BCUT2D eigenvalue weighted by molar-refractivity contribution is 9.10. The highest BCUT2D eigenvalue weighted by atomic mass is 79.9. The van der Waals surface area contributed by atoms with E-state index in [4.69, 9.17) is 9.72 Å². The molecule has 31 heavy (non-hydrogen) atoms. The summed E-state index contributed by atoms with van der Waals surface area (Å²) in [5.41, 5.74) is 4.95. The molecule has 0 aliphatic carbocycles. The van der Waals surface area contributed by atoms with Crippen molar-refractivity contribution in [2.24, 2.45) is 7.05 Å². The number of fused-ring (bicyclic) bond motifs is 1. The number of hydrogen-bond donors (Lipinski definition) is 2. The zero-order valence-corrected chi connectivity index (χ0v) is 19.0. The van der Waals surface area contributed by atoms with E-state index in [0.29, 0.717) is 5.95 Å². The van der Waals surface area contributed by atoms with Crippen LogP contribution < -0.4 is 15.4 Å². The van der Waals surface area contributed by atoms with Crippen molar-refractivity contribution in [1.29, 1.82) is 0 Å². The van der Waals surface area contributed by atoms with E-state index in [9.17, 15) is 0 Å². The van der Waals surface area contributed by atoms with E-state index in [2.05, 4.69) is 61.8 Å². The van der Waals surface area contributed by atoms with E-state index in [1.807, 2.05) is 37.8 Å². The number of benzene rings is 2. The summed E-state index contributed by atoms with van der Waals surface area (Å²) in [6.07, 6.45) is 6.87. The molecule has 1 atom stereocenters. The first-order valence-corrected chi connectivity index (χ1v) is 11.0. The van der Waals surface area contributed by atoms with Gasteiger partial charge in [-0.1, -0.05) is 15.9 Å². The molecule has 1 aliphatic rings. The third kappa shape index (κ3) is 4.40. The average Bonchev–Trinajstić information content (AvgIpc) is 3.40. The van der Waals surface area contributed by atoms with Crippen molar-refractivity contribution in [2.75, 3.05) is 18.4 Å². The van der Waals surface area contributed by atoms with Gasteiger partial charge in [0.1, 0.15) is 11.9 Å². The molecule has 1 fully saturated rings. The van der Waals surface area contributed by atoms with Gasteiger partial charge in [-0.05, 0) is 55.3 Å². The molecule has 3 heterocycles. The second-order valence-electron chi connectivity index (χ2n) is 7.86. The number of nitrogens with zero attached hydrogens (tertiary/aromatic N) is 4. The predicted molar refractivity (Wildman–Crippen MR) is 126 cm³/mol. The number of rotatable bonds is 5. The van der Waals surface area contributed by atoms with Gasteiger partial charge < -0.3 is 15.4 Å². The number of anilines is 2. The van der Waals surface area contributed by atoms with Crippen LogP contribution in [0.15, 0.2) is 53.4 Å². The Balaban J connectivity index is 1.50. The topological polar surface area (TPSA) is 76.9 Å². The predicted octanol–water partition coefficient (Wildman–Crippen LogP) is 4.59. The molecule has 1 aliphatic heterocycles. The Bertz CT molecular complexity index is 1250. The van der Waals surface area contributed by atoms with Gasteiger partial charge in [0, 0.05) is 53.2 Å². The normalized spacial score (nSPS) is 16.0. The van der Waals surface area contributed by atoms with Crippen molar-refractivity contribution in [2.45, 2.75) is 19.4 Å². The Morgan fingerprint density at radius 2 is 2.06 bits per heavy atom. The van der Waals surface area contributed by atoms with Crippen molar-refractivity contribution in [3.63, 3.8) is 0 Å². The van der Waals surface area contributed by atoms with Gasteiger partial charge in [-0.2, -0.15) is 5.10 Å². The van der Waals surface area contributed by atoms with Gasteiger partial charge in [-0.15, -0.1) is 0 Å². The first-order valence-electron chi connectivity index (χ1n) is 10.2. The van der Waals surface area contributed by atoms with E-state index in [-0.39, 0.29) is 6.10 Å². The summed E-state index contributed by atoms with van der Waals surface area (Å²) in [7, 11) is 1.91. The zero-order chi connectivity index (χ0) is 21.4. The molecular formula is C23H23BrN6O. The molecular weight excluding hydrogens is 456 g/mol. The van der Waals surface area contributed by atoms with Crippen LogP contribution >= 0.6 is 15.9 Å². The monoisotopic (exact) mass is 478 g/mol. The lowest BCUT2D eigenvalue weighted by Gasteiger charge is -2.15. The Labute approximate surface area is 189 Å². The molecule has 4 aromatic rings. The standard InChI is InChI=1S/C23H23BrN6O/c1-14-5-18(24)6-16-10-26-23(29-22(14)16)28-19-7-15(17-11-27-30(2)13-17)8-21(9-19)31-20-3-4-25-12-20/h5-11,13,20,25H,3-4,12H2,1-2H3,(H,26,28,29)/t20-/m1/s1. The van der Waals surface area contributed by atoms with Crippen molar-refractivity contribution in [3.8, 4) is 16.9 Å². The molecule has 2 aromatic heterocycles. The highest BCUT2D eigenvalue weighted by Gasteiger charge is 2.17. The van der Waals surface area contributed by atoms with Crippen LogP contribution in [-0.2, 0) is 7.05 Å². The van der Waals surface area contributed by atoms with Crippen LogP contribution in [0.3, 0.4) is 0 Å². The summed E-state index contributed by atoms with van der Waals surface area (Å²) in [5, 5.41) is 12.0. The lowest BCUT2D eigenvalue weighted by Crippen LogP contribution is -2.19. The van der Waals surface area contributed by atoms with Crippen molar-refractivity contribution in [1.82, 2.24) is 25.1 Å². The summed E-state index contributed by atoms with van der Waals surface area (Å²) in [5.74, 6) is 1.37. The van der Waals surface area contributed by atoms with Crippen LogP contribution in [0.1, 0.15) is 12.0 Å². The quantitative estimate of drug-likeness (QED) is 0.436. The molecule has 0 saturated carbocycles. The molecule has 0 radical (unpaired) electrons. The Hall–Kier alpha value is -2.97. The van der Waals surface area contributed by atoms with E-state index < -0.39 is 0 Å². The molecule has 0 unspecified atom stereocenters. The van der Waals surface area contributed by atoms with Gasteiger partial charge in [0.15, 0.2) is 0 Å². The number of halogens is 1. The van der Waals surface area contributed by atoms with E-state index in [0.717, 1.165) is 63.0 Å². The molecule has 8 heteroatoms. The van der Waals surface area contributed by atoms with Crippen molar-refractivity contribution >= 4 is 38.5 Å². The fourth-order valence-electron chi connectivity index (χ4n) is 3.86. The first kappa shape index (κ1) is 20.0. The average molecular weight is 479 g/mol. The van der Waals surface area contributed by atoms with E-state index in [1.165, 1.54) is 0 Å². The summed E-state index contributed by atoms with van der Waals surface area (Å²) in [6.45, 7) is 3.90. The van der Waals surface area contributed by atoms with Crippen LogP contribution in [0, 0.1) is 6.92 Å². The Morgan fingerprint density at radius 1 is 1.16 bits per heavy atom. The van der Waals surface area contributed by atoms with Gasteiger partial charge in [0.25, 0.3) is 0 Å². The van der Waals surface area contributed by atoms with Crippen LogP contribution in [0.4, 0.5) is 11.6 Å². The van der Waals surface area contributed by atoms with Gasteiger partial charge in [-0.25, -0.2) is 9.97 Å². The molecule has 0 amide bonds. The third-order valence-corrected chi connectivity index (χ3v) is 5.81. The molecule has 1 saturated heterocycles. The minimum Gasteiger partial charge on any atom is -0.489 e. The Morgan fingerprint density at radius 3 is 2.84 bits per heavy atom. The molecule has 7 nitrogen and oxygen atoms in total. The second kappa shape index (κ2) is 8.28. The number of aromatic nitrogens is 4. The van der Waals surface area contributed by atoms with Gasteiger partial charge in [0.05, 0.1) is 11.7 Å². The summed E-state index contributed by atoms with van der Waals surface area (Å²) >= 11 is 3.53. The lowest BCUT2D eigenvalue weighted by atomic mass is 10.1. The van der Waals surface area contributed by atoms with Crippen LogP contribution in [0.25, 0.3) is 22.0 Å². The largest absolute Gasteiger partial charge is 0.489 e. The third-order valence-electron chi connectivity index (χ3n) is 5.36. The molecule has 5 rings (SSSR count). The smallest absolute Gasteiger partial charge is 0.227 e. The lowest BCUT2D eigenvalue weighted by molar-refractivity contribution is 0.223. The van der Waals surface area contributed by atoms with Crippen LogP contribution in [0.2, 0.25) is 0 Å². The van der Waals surface area contributed by atoms with Gasteiger partial charge >= 0.3 is 0 Å². The summed E-state index contributed by atoms with van der Waals surface area (Å²) < 4.78 is 9.07. The molecule has 2 N–H and O–H groups in total. The van der Waals surface area contributed by atoms with Crippen LogP contribution in [-0.4, -0.2) is 38.9 Å². The molecule has 158 valence electrons. The summed E-state index contributed by atoms with van der Waals surface area (Å²) in [6, 6.07) is 10.2. The number of ether oxygens (including phenoxy) is 1. The van der Waals surface area contributed by atoms with Gasteiger partial charge in [0.2, 0.25) is 5.95 Å². The van der Waals surface area contributed by atoms with Gasteiger partial charge in [-0.3, -0.25) is 4.68 Å². The van der Waals surface area contributed by atoms with Crippen molar-refractivity contribution < 1.29 is 4.74 Å². The minimum absolute atomic E-state index is 0.176. The Kier molecular flexibility index (Phi) is 5.33. The van der Waals surface area contributed by atoms with Crippen LogP contribution in [0.5, 0.6) is 5.75 Å². The minimum atomic E-state index is 0.176. The fraction of sp³-hybridized carbons (Fsp3) is 0.261. The second-order valence-corrected chi connectivity index (χ2v) is 8.78. The SMILES string of the molecule is Cc1cc(Br)cc2cnc(Nc3cc(O[C@@H]4CCNC4)cc(-c4cnn(C)c4)c3)nc12. The maximum atomic E-state index is 6.25. The molecule has 0 spiro atoms. The molecule has 0 bridgehead atoms. The maximum absolute atomic E-state index is 6.25. The highest BCUT2D eigenvalue weighted by Crippen LogP contribution is 2.31. The maximum Gasteiger partial charge on any atom is 0.227 e. The number of nitrogens with one attached hydrogen (secondary N) is 2. The first-order chi connectivity index (χ1) is 15.0. The zero-order valence-electron chi connectivity index (χ0n) is 17.4. The number of hydrogen-bond acceptors (Lipinski definition) is 6. The van der Waals surface area contributed by atoms with E-state index >= 15 is 0 Å². The summed E-state index contributed by atoms with van der Waals surface area (Å²) in [4.78, 5) is 9.25. The van der Waals surface area contributed by atoms with E-state index in [1.54, 1.807) is 4.68 Å². The fourth-order valence-corrected chi connectivity index (χ4v) is 4.45. The number of aryl methyl sites for hydroxylation is 2. The van der Waals surface area contributed by atoms with Crippen molar-refractivity contribution in [3.05, 3.63) is 59.0 Å². The molecule has 2 aromatic carbocycles.